The Morgan fingerprint density at radius 2 is 2.19 bits per heavy atom. The summed E-state index contributed by atoms with van der Waals surface area (Å²) >= 11 is 0. The van der Waals surface area contributed by atoms with Crippen LogP contribution in [0.25, 0.3) is 0 Å². The number of aromatic nitrogens is 3. The lowest BCUT2D eigenvalue weighted by Gasteiger charge is -2.23. The van der Waals surface area contributed by atoms with Gasteiger partial charge in [0, 0.05) is 38.1 Å². The lowest BCUT2D eigenvalue weighted by Crippen LogP contribution is -2.36. The van der Waals surface area contributed by atoms with E-state index in [1.807, 2.05) is 31.1 Å². The van der Waals surface area contributed by atoms with Crippen LogP contribution in [-0.2, 0) is 6.54 Å². The first kappa shape index (κ1) is 15.0. The van der Waals surface area contributed by atoms with E-state index in [4.69, 9.17) is 5.73 Å². The summed E-state index contributed by atoms with van der Waals surface area (Å²) in [5.41, 5.74) is 6.94. The SMILES string of the molecule is CN(C)CCN(Cc1cccnc1)C(=O)c1cc(N)n[nH]1. The molecule has 0 saturated carbocycles. The summed E-state index contributed by atoms with van der Waals surface area (Å²) in [7, 11) is 3.95. The smallest absolute Gasteiger partial charge is 0.272 e. The molecule has 112 valence electrons. The Morgan fingerprint density at radius 3 is 2.76 bits per heavy atom. The zero-order valence-electron chi connectivity index (χ0n) is 12.3. The molecule has 0 saturated heterocycles. The van der Waals surface area contributed by atoms with Gasteiger partial charge in [-0.3, -0.25) is 14.9 Å². The minimum absolute atomic E-state index is 0.120. The molecule has 7 nitrogen and oxygen atoms in total. The molecule has 0 fully saturated rings. The van der Waals surface area contributed by atoms with Crippen LogP contribution in [0.3, 0.4) is 0 Å². The number of hydrogen-bond donors (Lipinski definition) is 2. The second-order valence-corrected chi connectivity index (χ2v) is 5.10. The number of aromatic amines is 1. The summed E-state index contributed by atoms with van der Waals surface area (Å²) in [6, 6.07) is 5.36. The third-order valence-corrected chi connectivity index (χ3v) is 3.03. The van der Waals surface area contributed by atoms with Gasteiger partial charge in [-0.15, -0.1) is 0 Å². The third-order valence-electron chi connectivity index (χ3n) is 3.03. The van der Waals surface area contributed by atoms with Crippen molar-refractivity contribution < 1.29 is 4.79 Å². The van der Waals surface area contributed by atoms with Crippen LogP contribution in [0.15, 0.2) is 30.6 Å². The van der Waals surface area contributed by atoms with Gasteiger partial charge in [0.2, 0.25) is 0 Å². The van der Waals surface area contributed by atoms with Crippen molar-refractivity contribution in [1.29, 1.82) is 0 Å². The van der Waals surface area contributed by atoms with Crippen LogP contribution in [0.2, 0.25) is 0 Å². The Morgan fingerprint density at radius 1 is 1.38 bits per heavy atom. The van der Waals surface area contributed by atoms with Gasteiger partial charge < -0.3 is 15.5 Å². The Hall–Kier alpha value is -2.41. The summed E-state index contributed by atoms with van der Waals surface area (Å²) in [4.78, 5) is 20.4. The number of nitrogens with zero attached hydrogens (tertiary/aromatic N) is 4. The minimum atomic E-state index is -0.120. The third kappa shape index (κ3) is 4.28. The van der Waals surface area contributed by atoms with E-state index >= 15 is 0 Å². The van der Waals surface area contributed by atoms with Crippen molar-refractivity contribution in [3.05, 3.63) is 41.9 Å². The molecule has 3 N–H and O–H groups in total. The van der Waals surface area contributed by atoms with Gasteiger partial charge in [0.1, 0.15) is 11.5 Å². The summed E-state index contributed by atoms with van der Waals surface area (Å²) < 4.78 is 0. The second-order valence-electron chi connectivity index (χ2n) is 5.10. The normalized spacial score (nSPS) is 10.8. The largest absolute Gasteiger partial charge is 0.382 e. The van der Waals surface area contributed by atoms with Gasteiger partial charge in [-0.2, -0.15) is 5.10 Å². The van der Waals surface area contributed by atoms with Crippen LogP contribution >= 0.6 is 0 Å². The fourth-order valence-corrected chi connectivity index (χ4v) is 1.90. The first-order valence-electron chi connectivity index (χ1n) is 6.70. The Bertz CT molecular complexity index is 580. The highest BCUT2D eigenvalue weighted by molar-refractivity contribution is 5.92. The number of likely N-dealkylation sites (N-methyl/N-ethyl adjacent to an activating group) is 1. The summed E-state index contributed by atoms with van der Waals surface area (Å²) in [6.45, 7) is 1.88. The van der Waals surface area contributed by atoms with Crippen molar-refractivity contribution in [2.24, 2.45) is 0 Å². The van der Waals surface area contributed by atoms with E-state index in [0.717, 1.165) is 12.1 Å². The molecule has 0 spiro atoms. The Balaban J connectivity index is 2.13. The highest BCUT2D eigenvalue weighted by Crippen LogP contribution is 2.09. The maximum atomic E-state index is 12.5. The van der Waals surface area contributed by atoms with E-state index < -0.39 is 0 Å². The van der Waals surface area contributed by atoms with Gasteiger partial charge in [0.05, 0.1) is 0 Å². The van der Waals surface area contributed by atoms with Crippen LogP contribution < -0.4 is 5.73 Å². The predicted octanol–water partition coefficient (Wildman–Crippen LogP) is 0.591. The number of nitrogens with one attached hydrogen (secondary N) is 1. The van der Waals surface area contributed by atoms with Crippen molar-refractivity contribution in [2.45, 2.75) is 6.54 Å². The van der Waals surface area contributed by atoms with Crippen molar-refractivity contribution >= 4 is 11.7 Å². The zero-order valence-corrected chi connectivity index (χ0v) is 12.3. The lowest BCUT2D eigenvalue weighted by molar-refractivity contribution is 0.0726. The number of hydrogen-bond acceptors (Lipinski definition) is 5. The maximum Gasteiger partial charge on any atom is 0.272 e. The first-order valence-corrected chi connectivity index (χ1v) is 6.70. The van der Waals surface area contributed by atoms with Gasteiger partial charge in [-0.25, -0.2) is 0 Å². The quantitative estimate of drug-likeness (QED) is 0.812. The number of rotatable bonds is 6. The number of H-pyrrole nitrogens is 1. The molecule has 0 aliphatic heterocycles. The number of carbonyl (C=O) groups is 1. The highest BCUT2D eigenvalue weighted by Gasteiger charge is 2.18. The molecule has 2 aromatic rings. The maximum absolute atomic E-state index is 12.5. The average Bonchev–Trinajstić information content (AvgIpc) is 2.90. The number of nitrogens with two attached hydrogens (primary N) is 1. The fourth-order valence-electron chi connectivity index (χ4n) is 1.90. The van der Waals surface area contributed by atoms with Gasteiger partial charge >= 0.3 is 0 Å². The second kappa shape index (κ2) is 6.85. The number of carbonyl (C=O) groups excluding carboxylic acids is 1. The first-order chi connectivity index (χ1) is 10.1. The molecule has 2 heterocycles. The van der Waals surface area contributed by atoms with Crippen molar-refractivity contribution in [3.8, 4) is 0 Å². The van der Waals surface area contributed by atoms with E-state index in [1.165, 1.54) is 0 Å². The van der Waals surface area contributed by atoms with E-state index in [-0.39, 0.29) is 5.91 Å². The molecule has 0 aliphatic rings. The molecule has 0 atom stereocenters. The van der Waals surface area contributed by atoms with Crippen molar-refractivity contribution in [2.75, 3.05) is 32.9 Å². The van der Waals surface area contributed by atoms with Gasteiger partial charge in [0.15, 0.2) is 0 Å². The Labute approximate surface area is 123 Å². The minimum Gasteiger partial charge on any atom is -0.382 e. The molecule has 2 aromatic heterocycles. The van der Waals surface area contributed by atoms with Crippen LogP contribution in [0.5, 0.6) is 0 Å². The standard InChI is InChI=1S/C14H20N6O/c1-19(2)6-7-20(10-11-4-3-5-16-9-11)14(21)12-8-13(15)18-17-12/h3-5,8-9H,6-7,10H2,1-2H3,(H3,15,17,18). The van der Waals surface area contributed by atoms with E-state index in [2.05, 4.69) is 15.2 Å². The number of anilines is 1. The molecule has 21 heavy (non-hydrogen) atoms. The number of pyridine rings is 1. The number of amides is 1. The van der Waals surface area contributed by atoms with Crippen LogP contribution in [0.1, 0.15) is 16.1 Å². The molecule has 0 unspecified atom stereocenters. The molecule has 0 aliphatic carbocycles. The molecular weight excluding hydrogens is 268 g/mol. The fraction of sp³-hybridized carbons (Fsp3) is 0.357. The highest BCUT2D eigenvalue weighted by atomic mass is 16.2. The molecule has 1 amide bonds. The molecule has 0 aromatic carbocycles. The van der Waals surface area contributed by atoms with E-state index in [1.54, 1.807) is 23.4 Å². The summed E-state index contributed by atoms with van der Waals surface area (Å²) in [5, 5.41) is 6.47. The molecule has 0 bridgehead atoms. The monoisotopic (exact) mass is 288 g/mol. The molecule has 2 rings (SSSR count). The van der Waals surface area contributed by atoms with Gasteiger partial charge in [-0.05, 0) is 25.7 Å². The topological polar surface area (TPSA) is 91.1 Å². The molecular formula is C14H20N6O. The molecule has 7 heteroatoms. The average molecular weight is 288 g/mol. The lowest BCUT2D eigenvalue weighted by atomic mass is 10.2. The van der Waals surface area contributed by atoms with Crippen molar-refractivity contribution in [3.63, 3.8) is 0 Å². The predicted molar refractivity (Wildman–Crippen MR) is 80.5 cm³/mol. The van der Waals surface area contributed by atoms with Crippen LogP contribution in [0.4, 0.5) is 5.82 Å². The molecule has 0 radical (unpaired) electrons. The van der Waals surface area contributed by atoms with Gasteiger partial charge in [0.25, 0.3) is 5.91 Å². The van der Waals surface area contributed by atoms with Crippen LogP contribution in [-0.4, -0.2) is 58.1 Å². The zero-order chi connectivity index (χ0) is 15.2. The van der Waals surface area contributed by atoms with E-state index in [9.17, 15) is 4.79 Å². The summed E-state index contributed by atoms with van der Waals surface area (Å²) in [5.74, 6) is 0.192. The summed E-state index contributed by atoms with van der Waals surface area (Å²) in [6.07, 6.45) is 3.47. The van der Waals surface area contributed by atoms with E-state index in [0.29, 0.717) is 24.6 Å². The Kier molecular flexibility index (Phi) is 4.89. The van der Waals surface area contributed by atoms with Crippen LogP contribution in [0, 0.1) is 0 Å². The number of nitrogen functional groups attached to an aromatic ring is 1. The van der Waals surface area contributed by atoms with Gasteiger partial charge in [-0.1, -0.05) is 6.07 Å². The van der Waals surface area contributed by atoms with Crippen molar-refractivity contribution in [1.82, 2.24) is 25.0 Å².